The summed E-state index contributed by atoms with van der Waals surface area (Å²) in [4.78, 5) is 38.8. The van der Waals surface area contributed by atoms with Gasteiger partial charge < -0.3 is 15.3 Å². The molecule has 2 amide bonds. The number of aryl methyl sites for hydroxylation is 1. The Balaban J connectivity index is 1.45. The van der Waals surface area contributed by atoms with Crippen molar-refractivity contribution in [2.75, 3.05) is 5.32 Å². The lowest BCUT2D eigenvalue weighted by molar-refractivity contribution is -0.143. The zero-order chi connectivity index (χ0) is 26.5. The Morgan fingerprint density at radius 3 is 2.24 bits per heavy atom. The monoisotopic (exact) mass is 498 g/mol. The van der Waals surface area contributed by atoms with Crippen LogP contribution in [0.3, 0.4) is 0 Å². The molecule has 4 rings (SSSR count). The molecule has 1 aliphatic rings. The van der Waals surface area contributed by atoms with Crippen molar-refractivity contribution < 1.29 is 19.5 Å². The first-order chi connectivity index (χ1) is 17.8. The van der Waals surface area contributed by atoms with Crippen LogP contribution >= 0.6 is 0 Å². The molecule has 0 aromatic heterocycles. The number of amides is 2. The van der Waals surface area contributed by atoms with Crippen LogP contribution in [-0.4, -0.2) is 33.8 Å². The zero-order valence-corrected chi connectivity index (χ0v) is 21.7. The normalized spacial score (nSPS) is 15.4. The molecule has 0 spiro atoms. The standard InChI is InChI=1S/C31H34N2O4/c1-4-6-7-8-21-9-11-23(12-10-21)29(34)32-25-16-13-22(14-17-25)24-15-18-26-27(19-24)20(3)33(30(26)35)28(5-2)31(36)37/h9-20,28H,4-8H2,1-3H3,(H,32,34)(H,36,37). The predicted molar refractivity (Wildman–Crippen MR) is 146 cm³/mol. The molecule has 192 valence electrons. The summed E-state index contributed by atoms with van der Waals surface area (Å²) in [5.41, 5.74) is 5.83. The van der Waals surface area contributed by atoms with Gasteiger partial charge in [0, 0.05) is 16.8 Å². The van der Waals surface area contributed by atoms with E-state index < -0.39 is 12.0 Å². The van der Waals surface area contributed by atoms with Gasteiger partial charge in [-0.2, -0.15) is 0 Å². The number of anilines is 1. The molecule has 2 unspecified atom stereocenters. The van der Waals surface area contributed by atoms with Crippen LogP contribution < -0.4 is 5.32 Å². The first-order valence-corrected chi connectivity index (χ1v) is 13.0. The molecular formula is C31H34N2O4. The maximum Gasteiger partial charge on any atom is 0.326 e. The maximum atomic E-state index is 12.9. The summed E-state index contributed by atoms with van der Waals surface area (Å²) < 4.78 is 0. The van der Waals surface area contributed by atoms with E-state index in [2.05, 4.69) is 12.2 Å². The number of aliphatic carboxylic acids is 1. The topological polar surface area (TPSA) is 86.7 Å². The number of carbonyl (C=O) groups is 3. The highest BCUT2D eigenvalue weighted by atomic mass is 16.4. The number of nitrogens with zero attached hydrogens (tertiary/aromatic N) is 1. The van der Waals surface area contributed by atoms with Gasteiger partial charge in [-0.15, -0.1) is 0 Å². The van der Waals surface area contributed by atoms with E-state index in [9.17, 15) is 19.5 Å². The molecular weight excluding hydrogens is 464 g/mol. The van der Waals surface area contributed by atoms with Gasteiger partial charge in [0.05, 0.1) is 6.04 Å². The summed E-state index contributed by atoms with van der Waals surface area (Å²) in [5.74, 6) is -1.38. The molecule has 0 saturated carbocycles. The number of rotatable bonds is 10. The van der Waals surface area contributed by atoms with Crippen molar-refractivity contribution >= 4 is 23.5 Å². The Bertz CT molecular complexity index is 1280. The number of hydrogen-bond acceptors (Lipinski definition) is 3. The number of fused-ring (bicyclic) bond motifs is 1. The summed E-state index contributed by atoms with van der Waals surface area (Å²) >= 11 is 0. The maximum absolute atomic E-state index is 12.9. The first-order valence-electron chi connectivity index (χ1n) is 13.0. The largest absolute Gasteiger partial charge is 0.480 e. The Kier molecular flexibility index (Phi) is 8.07. The quantitative estimate of drug-likeness (QED) is 0.304. The molecule has 1 aliphatic heterocycles. The van der Waals surface area contributed by atoms with Gasteiger partial charge in [-0.1, -0.05) is 57.0 Å². The third-order valence-corrected chi connectivity index (χ3v) is 7.15. The van der Waals surface area contributed by atoms with Crippen LogP contribution in [0.1, 0.15) is 84.3 Å². The molecule has 3 aromatic carbocycles. The highest BCUT2D eigenvalue weighted by Crippen LogP contribution is 2.38. The van der Waals surface area contributed by atoms with Crippen LogP contribution in [0.25, 0.3) is 11.1 Å². The van der Waals surface area contributed by atoms with E-state index in [4.69, 9.17) is 0 Å². The fraction of sp³-hybridized carbons (Fsp3) is 0.323. The van der Waals surface area contributed by atoms with E-state index in [1.165, 1.54) is 23.3 Å². The van der Waals surface area contributed by atoms with Crippen molar-refractivity contribution in [2.45, 2.75) is 65.0 Å². The molecule has 2 N–H and O–H groups in total. The highest BCUT2D eigenvalue weighted by molar-refractivity contribution is 6.04. The van der Waals surface area contributed by atoms with Gasteiger partial charge in [0.25, 0.3) is 11.8 Å². The van der Waals surface area contributed by atoms with Crippen molar-refractivity contribution in [2.24, 2.45) is 0 Å². The summed E-state index contributed by atoms with van der Waals surface area (Å²) in [6, 6.07) is 19.8. The van der Waals surface area contributed by atoms with Crippen molar-refractivity contribution in [1.82, 2.24) is 4.90 Å². The van der Waals surface area contributed by atoms with E-state index in [1.807, 2.05) is 67.6 Å². The van der Waals surface area contributed by atoms with Gasteiger partial charge in [-0.05, 0) is 84.8 Å². The average Bonchev–Trinajstić information content (AvgIpc) is 3.14. The molecule has 0 bridgehead atoms. The predicted octanol–water partition coefficient (Wildman–Crippen LogP) is 6.72. The van der Waals surface area contributed by atoms with Crippen LogP contribution in [0.15, 0.2) is 66.7 Å². The average molecular weight is 499 g/mol. The fourth-order valence-corrected chi connectivity index (χ4v) is 5.00. The minimum atomic E-state index is -0.990. The molecule has 6 nitrogen and oxygen atoms in total. The van der Waals surface area contributed by atoms with Gasteiger partial charge in [0.2, 0.25) is 0 Å². The molecule has 0 radical (unpaired) electrons. The molecule has 0 fully saturated rings. The lowest BCUT2D eigenvalue weighted by atomic mass is 9.97. The smallest absolute Gasteiger partial charge is 0.326 e. The van der Waals surface area contributed by atoms with Crippen LogP contribution in [0, 0.1) is 0 Å². The Morgan fingerprint density at radius 1 is 0.946 bits per heavy atom. The summed E-state index contributed by atoms with van der Waals surface area (Å²) in [6.07, 6.45) is 4.94. The van der Waals surface area contributed by atoms with Gasteiger partial charge >= 0.3 is 5.97 Å². The van der Waals surface area contributed by atoms with E-state index in [0.717, 1.165) is 29.5 Å². The fourth-order valence-electron chi connectivity index (χ4n) is 5.00. The lowest BCUT2D eigenvalue weighted by Crippen LogP contribution is -2.42. The SMILES string of the molecule is CCCCCc1ccc(C(=O)Nc2ccc(-c3ccc4c(c3)C(C)N(C(CC)C(=O)O)C4=O)cc2)cc1. The Hall–Kier alpha value is -3.93. The van der Waals surface area contributed by atoms with Crippen LogP contribution in [0.2, 0.25) is 0 Å². The molecule has 1 heterocycles. The Labute approximate surface area is 218 Å². The van der Waals surface area contributed by atoms with E-state index >= 15 is 0 Å². The number of nitrogens with one attached hydrogen (secondary N) is 1. The number of carboxylic acid groups (broad SMARTS) is 1. The number of unbranched alkanes of at least 4 members (excludes halogenated alkanes) is 2. The van der Waals surface area contributed by atoms with Crippen molar-refractivity contribution in [3.63, 3.8) is 0 Å². The molecule has 37 heavy (non-hydrogen) atoms. The van der Waals surface area contributed by atoms with E-state index in [0.29, 0.717) is 23.2 Å². The van der Waals surface area contributed by atoms with Gasteiger partial charge in [-0.3, -0.25) is 9.59 Å². The van der Waals surface area contributed by atoms with Gasteiger partial charge in [-0.25, -0.2) is 4.79 Å². The number of carboxylic acids is 1. The second-order valence-corrected chi connectivity index (χ2v) is 9.64. The molecule has 6 heteroatoms. The van der Waals surface area contributed by atoms with Gasteiger partial charge in [0.1, 0.15) is 6.04 Å². The van der Waals surface area contributed by atoms with Crippen molar-refractivity contribution in [3.05, 3.63) is 89.0 Å². The Morgan fingerprint density at radius 2 is 1.62 bits per heavy atom. The third kappa shape index (κ3) is 5.58. The molecule has 2 atom stereocenters. The molecule has 3 aromatic rings. The summed E-state index contributed by atoms with van der Waals surface area (Å²) in [5, 5.41) is 12.5. The second-order valence-electron chi connectivity index (χ2n) is 9.64. The number of benzene rings is 3. The van der Waals surface area contributed by atoms with Crippen LogP contribution in [0.5, 0.6) is 0 Å². The zero-order valence-electron chi connectivity index (χ0n) is 21.7. The lowest BCUT2D eigenvalue weighted by Gasteiger charge is -2.28. The van der Waals surface area contributed by atoms with Gasteiger partial charge in [0.15, 0.2) is 0 Å². The van der Waals surface area contributed by atoms with Crippen LogP contribution in [-0.2, 0) is 11.2 Å². The molecule has 0 saturated heterocycles. The second kappa shape index (κ2) is 11.4. The van der Waals surface area contributed by atoms with E-state index in [-0.39, 0.29) is 17.9 Å². The van der Waals surface area contributed by atoms with E-state index in [1.54, 1.807) is 13.0 Å². The highest BCUT2D eigenvalue weighted by Gasteiger charge is 2.40. The number of carbonyl (C=O) groups excluding carboxylic acids is 2. The first kappa shape index (κ1) is 26.1. The third-order valence-electron chi connectivity index (χ3n) is 7.15. The summed E-state index contributed by atoms with van der Waals surface area (Å²) in [7, 11) is 0. The van der Waals surface area contributed by atoms with Crippen molar-refractivity contribution in [3.8, 4) is 11.1 Å². The minimum absolute atomic E-state index is 0.151. The van der Waals surface area contributed by atoms with Crippen molar-refractivity contribution in [1.29, 1.82) is 0 Å². The number of hydrogen-bond donors (Lipinski definition) is 2. The minimum Gasteiger partial charge on any atom is -0.480 e. The summed E-state index contributed by atoms with van der Waals surface area (Å²) in [6.45, 7) is 5.83. The van der Waals surface area contributed by atoms with Crippen LogP contribution in [0.4, 0.5) is 5.69 Å². The molecule has 0 aliphatic carbocycles.